The number of hydrogen-bond donors (Lipinski definition) is 0. The summed E-state index contributed by atoms with van der Waals surface area (Å²) < 4.78 is 0. The molecule has 1 rings (SSSR count). The normalized spacial score (nSPS) is 12.4. The van der Waals surface area contributed by atoms with Crippen molar-refractivity contribution >= 4 is 17.4 Å². The minimum Gasteiger partial charge on any atom is -0.298 e. The number of carbonyl (C=O) groups is 1. The maximum atomic E-state index is 11.7. The summed E-state index contributed by atoms with van der Waals surface area (Å²) in [5, 5.41) is -0.469. The van der Waals surface area contributed by atoms with Gasteiger partial charge in [0.2, 0.25) is 0 Å². The Labute approximate surface area is 96.5 Å². The third-order valence-corrected chi connectivity index (χ3v) is 2.90. The van der Waals surface area contributed by atoms with Gasteiger partial charge in [-0.2, -0.15) is 0 Å². The number of unbranched alkanes of at least 4 members (excludes halogenated alkanes) is 2. The molecular formula is C13H17ClO. The van der Waals surface area contributed by atoms with Crippen LogP contribution < -0.4 is 0 Å². The van der Waals surface area contributed by atoms with Crippen molar-refractivity contribution in [1.82, 2.24) is 0 Å². The maximum Gasteiger partial charge on any atom is 0.155 e. The van der Waals surface area contributed by atoms with E-state index in [2.05, 4.69) is 6.92 Å². The molecule has 0 aliphatic heterocycles. The lowest BCUT2D eigenvalue weighted by Gasteiger charge is -2.08. The molecular weight excluding hydrogens is 208 g/mol. The minimum absolute atomic E-state index is 0.135. The van der Waals surface area contributed by atoms with Crippen LogP contribution in [0.15, 0.2) is 30.3 Å². The van der Waals surface area contributed by atoms with Crippen LogP contribution in [-0.2, 0) is 4.79 Å². The van der Waals surface area contributed by atoms with Crippen LogP contribution in [0.3, 0.4) is 0 Å². The highest BCUT2D eigenvalue weighted by molar-refractivity contribution is 6.31. The number of hydrogen-bond acceptors (Lipinski definition) is 1. The SMILES string of the molecule is CCCCCC(=O)C(Cl)c1ccccc1. The van der Waals surface area contributed by atoms with Gasteiger partial charge in [-0.25, -0.2) is 0 Å². The summed E-state index contributed by atoms with van der Waals surface area (Å²) in [6.45, 7) is 2.12. The fourth-order valence-electron chi connectivity index (χ4n) is 1.48. The molecule has 0 bridgehead atoms. The summed E-state index contributed by atoms with van der Waals surface area (Å²) in [5.41, 5.74) is 0.903. The lowest BCUT2D eigenvalue weighted by Crippen LogP contribution is -2.06. The van der Waals surface area contributed by atoms with Crippen molar-refractivity contribution in [3.63, 3.8) is 0 Å². The highest BCUT2D eigenvalue weighted by atomic mass is 35.5. The van der Waals surface area contributed by atoms with E-state index in [0.717, 1.165) is 24.8 Å². The quantitative estimate of drug-likeness (QED) is 0.525. The predicted molar refractivity (Wildman–Crippen MR) is 64.2 cm³/mol. The summed E-state index contributed by atoms with van der Waals surface area (Å²) >= 11 is 6.09. The number of halogens is 1. The molecule has 0 aliphatic rings. The zero-order chi connectivity index (χ0) is 11.1. The second kappa shape index (κ2) is 6.62. The molecule has 1 unspecified atom stereocenters. The summed E-state index contributed by atoms with van der Waals surface area (Å²) in [7, 11) is 0. The van der Waals surface area contributed by atoms with E-state index in [9.17, 15) is 4.79 Å². The highest BCUT2D eigenvalue weighted by Crippen LogP contribution is 2.23. The average molecular weight is 225 g/mol. The molecule has 1 aromatic carbocycles. The van der Waals surface area contributed by atoms with Crippen molar-refractivity contribution < 1.29 is 4.79 Å². The van der Waals surface area contributed by atoms with Crippen LogP contribution >= 0.6 is 11.6 Å². The molecule has 0 N–H and O–H groups in total. The first-order chi connectivity index (χ1) is 7.25. The maximum absolute atomic E-state index is 11.7. The zero-order valence-corrected chi connectivity index (χ0v) is 9.83. The van der Waals surface area contributed by atoms with E-state index in [1.807, 2.05) is 30.3 Å². The van der Waals surface area contributed by atoms with Crippen LogP contribution in [0.1, 0.15) is 43.5 Å². The fourth-order valence-corrected chi connectivity index (χ4v) is 1.74. The van der Waals surface area contributed by atoms with Crippen LogP contribution in [0, 0.1) is 0 Å². The Morgan fingerprint density at radius 1 is 1.27 bits per heavy atom. The molecule has 0 spiro atoms. The van der Waals surface area contributed by atoms with Crippen molar-refractivity contribution in [2.75, 3.05) is 0 Å². The number of ketones is 1. The predicted octanol–water partition coefficient (Wildman–Crippen LogP) is 4.12. The standard InChI is InChI=1S/C13H17ClO/c1-2-3-5-10-12(15)13(14)11-8-6-4-7-9-11/h4,6-9,13H,2-3,5,10H2,1H3. The van der Waals surface area contributed by atoms with Crippen molar-refractivity contribution in [3.05, 3.63) is 35.9 Å². The Morgan fingerprint density at radius 2 is 1.93 bits per heavy atom. The monoisotopic (exact) mass is 224 g/mol. The molecule has 1 nitrogen and oxygen atoms in total. The zero-order valence-electron chi connectivity index (χ0n) is 9.08. The van der Waals surface area contributed by atoms with Crippen molar-refractivity contribution in [2.45, 2.75) is 38.0 Å². The van der Waals surface area contributed by atoms with Gasteiger partial charge in [0, 0.05) is 6.42 Å². The molecule has 0 fully saturated rings. The molecule has 2 heteroatoms. The average Bonchev–Trinajstić information content (AvgIpc) is 2.29. The van der Waals surface area contributed by atoms with Gasteiger partial charge in [0.25, 0.3) is 0 Å². The lowest BCUT2D eigenvalue weighted by atomic mass is 10.0. The smallest absolute Gasteiger partial charge is 0.155 e. The van der Waals surface area contributed by atoms with Gasteiger partial charge in [-0.3, -0.25) is 4.79 Å². The Bertz CT molecular complexity index is 295. The minimum atomic E-state index is -0.469. The third kappa shape index (κ3) is 4.05. The van der Waals surface area contributed by atoms with Gasteiger partial charge in [-0.05, 0) is 12.0 Å². The van der Waals surface area contributed by atoms with E-state index < -0.39 is 5.38 Å². The Morgan fingerprint density at radius 3 is 2.53 bits per heavy atom. The van der Waals surface area contributed by atoms with Gasteiger partial charge < -0.3 is 0 Å². The Kier molecular flexibility index (Phi) is 5.41. The van der Waals surface area contributed by atoms with E-state index in [1.165, 1.54) is 0 Å². The van der Waals surface area contributed by atoms with E-state index in [1.54, 1.807) is 0 Å². The van der Waals surface area contributed by atoms with Gasteiger partial charge >= 0.3 is 0 Å². The summed E-state index contributed by atoms with van der Waals surface area (Å²) in [5.74, 6) is 0.135. The third-order valence-electron chi connectivity index (χ3n) is 2.40. The first kappa shape index (κ1) is 12.3. The summed E-state index contributed by atoms with van der Waals surface area (Å²) in [6.07, 6.45) is 3.78. The van der Waals surface area contributed by atoms with E-state index >= 15 is 0 Å². The second-order valence-corrected chi connectivity index (χ2v) is 4.13. The molecule has 0 saturated heterocycles. The molecule has 0 aromatic heterocycles. The summed E-state index contributed by atoms with van der Waals surface area (Å²) in [4.78, 5) is 11.7. The van der Waals surface area contributed by atoms with Gasteiger partial charge in [0.1, 0.15) is 5.38 Å². The lowest BCUT2D eigenvalue weighted by molar-refractivity contribution is -0.118. The Hall–Kier alpha value is -0.820. The molecule has 0 amide bonds. The van der Waals surface area contributed by atoms with Gasteiger partial charge in [0.15, 0.2) is 5.78 Å². The number of benzene rings is 1. The summed E-state index contributed by atoms with van der Waals surface area (Å²) in [6, 6.07) is 9.54. The Balaban J connectivity index is 2.46. The van der Waals surface area contributed by atoms with Gasteiger partial charge in [-0.1, -0.05) is 50.1 Å². The number of rotatable bonds is 6. The molecule has 1 atom stereocenters. The van der Waals surface area contributed by atoms with E-state index in [4.69, 9.17) is 11.6 Å². The topological polar surface area (TPSA) is 17.1 Å². The molecule has 0 saturated carbocycles. The fraction of sp³-hybridized carbons (Fsp3) is 0.462. The first-order valence-corrected chi connectivity index (χ1v) is 5.91. The van der Waals surface area contributed by atoms with Crippen LogP contribution in [0.2, 0.25) is 0 Å². The molecule has 1 aromatic rings. The van der Waals surface area contributed by atoms with E-state index in [-0.39, 0.29) is 5.78 Å². The van der Waals surface area contributed by atoms with Crippen LogP contribution in [0.25, 0.3) is 0 Å². The van der Waals surface area contributed by atoms with E-state index in [0.29, 0.717) is 6.42 Å². The number of carbonyl (C=O) groups excluding carboxylic acids is 1. The molecule has 82 valence electrons. The van der Waals surface area contributed by atoms with Crippen LogP contribution in [0.5, 0.6) is 0 Å². The van der Waals surface area contributed by atoms with Crippen LogP contribution in [-0.4, -0.2) is 5.78 Å². The van der Waals surface area contributed by atoms with Gasteiger partial charge in [0.05, 0.1) is 0 Å². The highest BCUT2D eigenvalue weighted by Gasteiger charge is 2.16. The molecule has 0 aliphatic carbocycles. The molecule has 0 radical (unpaired) electrons. The largest absolute Gasteiger partial charge is 0.298 e. The second-order valence-electron chi connectivity index (χ2n) is 3.70. The van der Waals surface area contributed by atoms with Crippen molar-refractivity contribution in [2.24, 2.45) is 0 Å². The van der Waals surface area contributed by atoms with Crippen LogP contribution in [0.4, 0.5) is 0 Å². The van der Waals surface area contributed by atoms with Crippen molar-refractivity contribution in [1.29, 1.82) is 0 Å². The number of Topliss-reactive ketones (excluding diaryl/α,β-unsaturated/α-hetero) is 1. The number of alkyl halides is 1. The molecule has 15 heavy (non-hydrogen) atoms. The van der Waals surface area contributed by atoms with Crippen molar-refractivity contribution in [3.8, 4) is 0 Å². The van der Waals surface area contributed by atoms with Gasteiger partial charge in [-0.15, -0.1) is 11.6 Å². The molecule has 0 heterocycles. The first-order valence-electron chi connectivity index (χ1n) is 5.47.